The first-order valence-corrected chi connectivity index (χ1v) is 6.05. The molecule has 0 atom stereocenters. The van der Waals surface area contributed by atoms with Gasteiger partial charge in [0.15, 0.2) is 5.58 Å². The number of nitrogens with zero attached hydrogens (tertiary/aromatic N) is 1. The summed E-state index contributed by atoms with van der Waals surface area (Å²) in [5.41, 5.74) is 8.59. The van der Waals surface area contributed by atoms with Crippen LogP contribution >= 0.6 is 11.6 Å². The van der Waals surface area contributed by atoms with Gasteiger partial charge >= 0.3 is 0 Å². The van der Waals surface area contributed by atoms with Crippen molar-refractivity contribution < 1.29 is 9.15 Å². The van der Waals surface area contributed by atoms with E-state index in [4.69, 9.17) is 26.5 Å². The summed E-state index contributed by atoms with van der Waals surface area (Å²) in [6, 6.07) is 10.7. The van der Waals surface area contributed by atoms with Crippen LogP contribution in [0.3, 0.4) is 0 Å². The van der Waals surface area contributed by atoms with Crippen LogP contribution in [0.2, 0.25) is 5.02 Å². The van der Waals surface area contributed by atoms with Crippen molar-refractivity contribution in [2.24, 2.45) is 0 Å². The molecule has 0 radical (unpaired) electrons. The van der Waals surface area contributed by atoms with Crippen molar-refractivity contribution in [3.8, 4) is 17.2 Å². The van der Waals surface area contributed by atoms with Gasteiger partial charge in [0.1, 0.15) is 11.3 Å². The van der Waals surface area contributed by atoms with Crippen molar-refractivity contribution in [2.45, 2.75) is 0 Å². The number of fused-ring (bicyclic) bond motifs is 1. The molecule has 0 saturated carbocycles. The van der Waals surface area contributed by atoms with Crippen molar-refractivity contribution in [3.05, 3.63) is 41.4 Å². The van der Waals surface area contributed by atoms with E-state index in [1.54, 1.807) is 31.4 Å². The number of hydrogen-bond donors (Lipinski definition) is 1. The zero-order valence-electron chi connectivity index (χ0n) is 10.2. The summed E-state index contributed by atoms with van der Waals surface area (Å²) < 4.78 is 10.8. The summed E-state index contributed by atoms with van der Waals surface area (Å²) in [7, 11) is 1.61. The Labute approximate surface area is 114 Å². The molecule has 0 aliphatic rings. The second-order valence-electron chi connectivity index (χ2n) is 4.08. The Bertz CT molecular complexity index is 752. The lowest BCUT2D eigenvalue weighted by Gasteiger charge is -2.00. The molecule has 3 aromatic rings. The molecule has 0 spiro atoms. The SMILES string of the molecule is COc1ccc2nc(-c3ccc(Cl)cc3N)oc2c1. The first kappa shape index (κ1) is 11.9. The highest BCUT2D eigenvalue weighted by atomic mass is 35.5. The molecule has 0 amide bonds. The molecular weight excluding hydrogens is 264 g/mol. The lowest BCUT2D eigenvalue weighted by molar-refractivity contribution is 0.414. The highest BCUT2D eigenvalue weighted by Gasteiger charge is 2.11. The van der Waals surface area contributed by atoms with Gasteiger partial charge in [-0.1, -0.05) is 11.6 Å². The number of ether oxygens (including phenoxy) is 1. The van der Waals surface area contributed by atoms with Crippen LogP contribution in [0.1, 0.15) is 0 Å². The Hall–Kier alpha value is -2.20. The quantitative estimate of drug-likeness (QED) is 0.723. The number of halogens is 1. The van der Waals surface area contributed by atoms with E-state index >= 15 is 0 Å². The predicted octanol–water partition coefficient (Wildman–Crippen LogP) is 3.74. The minimum Gasteiger partial charge on any atom is -0.497 e. The number of hydrogen-bond acceptors (Lipinski definition) is 4. The molecule has 2 N–H and O–H groups in total. The maximum atomic E-state index is 5.92. The van der Waals surface area contributed by atoms with E-state index in [1.807, 2.05) is 12.1 Å². The first-order chi connectivity index (χ1) is 9.17. The van der Waals surface area contributed by atoms with Crippen molar-refractivity contribution in [1.82, 2.24) is 4.98 Å². The monoisotopic (exact) mass is 274 g/mol. The van der Waals surface area contributed by atoms with Crippen LogP contribution < -0.4 is 10.5 Å². The Morgan fingerprint density at radius 2 is 2.05 bits per heavy atom. The Balaban J connectivity index is 2.14. The fraction of sp³-hybridized carbons (Fsp3) is 0.0714. The molecule has 96 valence electrons. The van der Waals surface area contributed by atoms with Crippen molar-refractivity contribution in [2.75, 3.05) is 12.8 Å². The van der Waals surface area contributed by atoms with Gasteiger partial charge in [0.25, 0.3) is 0 Å². The van der Waals surface area contributed by atoms with Crippen LogP contribution in [0.4, 0.5) is 5.69 Å². The minimum absolute atomic E-state index is 0.470. The molecule has 2 aromatic carbocycles. The van der Waals surface area contributed by atoms with Gasteiger partial charge in [-0.15, -0.1) is 0 Å². The molecular formula is C14H11ClN2O2. The molecule has 4 nitrogen and oxygen atoms in total. The van der Waals surface area contributed by atoms with E-state index in [-0.39, 0.29) is 0 Å². The third kappa shape index (κ3) is 2.11. The van der Waals surface area contributed by atoms with Crippen molar-refractivity contribution in [3.63, 3.8) is 0 Å². The van der Waals surface area contributed by atoms with E-state index in [0.717, 1.165) is 16.8 Å². The zero-order valence-corrected chi connectivity index (χ0v) is 10.9. The van der Waals surface area contributed by atoms with Gasteiger partial charge in [0.2, 0.25) is 5.89 Å². The molecule has 19 heavy (non-hydrogen) atoms. The smallest absolute Gasteiger partial charge is 0.229 e. The molecule has 0 fully saturated rings. The van der Waals surface area contributed by atoms with E-state index in [2.05, 4.69) is 4.98 Å². The number of oxazole rings is 1. The maximum absolute atomic E-state index is 5.92. The van der Waals surface area contributed by atoms with Crippen LogP contribution in [-0.2, 0) is 0 Å². The minimum atomic E-state index is 0.470. The largest absolute Gasteiger partial charge is 0.497 e. The summed E-state index contributed by atoms with van der Waals surface area (Å²) in [6.07, 6.45) is 0. The summed E-state index contributed by atoms with van der Waals surface area (Å²) >= 11 is 5.88. The Morgan fingerprint density at radius 1 is 1.21 bits per heavy atom. The first-order valence-electron chi connectivity index (χ1n) is 5.67. The van der Waals surface area contributed by atoms with E-state index in [9.17, 15) is 0 Å². The van der Waals surface area contributed by atoms with Crippen LogP contribution in [0.15, 0.2) is 40.8 Å². The number of aromatic nitrogens is 1. The van der Waals surface area contributed by atoms with Gasteiger partial charge in [-0.3, -0.25) is 0 Å². The van der Waals surface area contributed by atoms with Gasteiger partial charge < -0.3 is 14.9 Å². The van der Waals surface area contributed by atoms with Crippen LogP contribution in [0.5, 0.6) is 5.75 Å². The molecule has 0 unspecified atom stereocenters. The fourth-order valence-corrected chi connectivity index (χ4v) is 2.06. The molecule has 0 saturated heterocycles. The van der Waals surface area contributed by atoms with Gasteiger partial charge in [-0.2, -0.15) is 0 Å². The molecule has 0 aliphatic carbocycles. The average molecular weight is 275 g/mol. The standard InChI is InChI=1S/C14H11ClN2O2/c1-18-9-3-5-12-13(7-9)19-14(17-12)10-4-2-8(15)6-11(10)16/h2-7H,16H2,1H3. The van der Waals surface area contributed by atoms with Crippen molar-refractivity contribution >= 4 is 28.4 Å². The lowest BCUT2D eigenvalue weighted by atomic mass is 10.2. The highest BCUT2D eigenvalue weighted by Crippen LogP contribution is 2.31. The molecule has 1 heterocycles. The lowest BCUT2D eigenvalue weighted by Crippen LogP contribution is -1.89. The van der Waals surface area contributed by atoms with Gasteiger partial charge in [0.05, 0.1) is 12.7 Å². The highest BCUT2D eigenvalue weighted by molar-refractivity contribution is 6.31. The zero-order chi connectivity index (χ0) is 13.4. The molecule has 5 heteroatoms. The summed E-state index contributed by atoms with van der Waals surface area (Å²) in [6.45, 7) is 0. The van der Waals surface area contributed by atoms with E-state index < -0.39 is 0 Å². The molecule has 0 bridgehead atoms. The van der Waals surface area contributed by atoms with Crippen LogP contribution in [-0.4, -0.2) is 12.1 Å². The second-order valence-corrected chi connectivity index (χ2v) is 4.52. The fourth-order valence-electron chi connectivity index (χ4n) is 1.88. The Kier molecular flexibility index (Phi) is 2.80. The summed E-state index contributed by atoms with van der Waals surface area (Å²) in [5, 5.41) is 0.582. The summed E-state index contributed by atoms with van der Waals surface area (Å²) in [5.74, 6) is 1.19. The Morgan fingerprint density at radius 3 is 2.79 bits per heavy atom. The topological polar surface area (TPSA) is 61.3 Å². The number of anilines is 1. The third-order valence-corrected chi connectivity index (χ3v) is 3.07. The normalized spacial score (nSPS) is 10.8. The second kappa shape index (κ2) is 4.48. The number of methoxy groups -OCH3 is 1. The molecule has 0 aliphatic heterocycles. The van der Waals surface area contributed by atoms with Crippen LogP contribution in [0.25, 0.3) is 22.6 Å². The van der Waals surface area contributed by atoms with E-state index in [1.165, 1.54) is 0 Å². The van der Waals surface area contributed by atoms with Gasteiger partial charge in [0, 0.05) is 16.8 Å². The molecule has 3 rings (SSSR count). The third-order valence-electron chi connectivity index (χ3n) is 2.84. The number of benzene rings is 2. The summed E-state index contributed by atoms with van der Waals surface area (Å²) in [4.78, 5) is 4.40. The maximum Gasteiger partial charge on any atom is 0.229 e. The average Bonchev–Trinajstić information content (AvgIpc) is 2.80. The van der Waals surface area contributed by atoms with Crippen LogP contribution in [0, 0.1) is 0 Å². The molecule has 1 aromatic heterocycles. The van der Waals surface area contributed by atoms with E-state index in [0.29, 0.717) is 22.2 Å². The van der Waals surface area contributed by atoms with Gasteiger partial charge in [-0.05, 0) is 30.3 Å². The number of nitrogens with two attached hydrogens (primary N) is 1. The van der Waals surface area contributed by atoms with Crippen molar-refractivity contribution in [1.29, 1.82) is 0 Å². The van der Waals surface area contributed by atoms with Gasteiger partial charge in [-0.25, -0.2) is 4.98 Å². The predicted molar refractivity (Wildman–Crippen MR) is 75.4 cm³/mol. The number of nitrogen functional groups attached to an aromatic ring is 1. The number of rotatable bonds is 2.